The van der Waals surface area contributed by atoms with Gasteiger partial charge in [-0.05, 0) is 49.2 Å². The van der Waals surface area contributed by atoms with Gasteiger partial charge >= 0.3 is 5.97 Å². The van der Waals surface area contributed by atoms with Gasteiger partial charge in [0.1, 0.15) is 0 Å². The third-order valence-corrected chi connectivity index (χ3v) is 7.30. The van der Waals surface area contributed by atoms with Crippen LogP contribution >= 0.6 is 0 Å². The van der Waals surface area contributed by atoms with E-state index in [1.165, 1.54) is 28.6 Å². The molecular formula is C22H26N2O5S. The molecule has 3 rings (SSSR count). The molecule has 0 aliphatic carbocycles. The van der Waals surface area contributed by atoms with E-state index in [1.807, 2.05) is 31.2 Å². The van der Waals surface area contributed by atoms with Crippen molar-refractivity contribution < 1.29 is 22.7 Å². The lowest BCUT2D eigenvalue weighted by atomic mass is 10.1. The van der Waals surface area contributed by atoms with Crippen molar-refractivity contribution in [3.63, 3.8) is 0 Å². The molecule has 8 heteroatoms. The number of anilines is 1. The van der Waals surface area contributed by atoms with E-state index in [0.29, 0.717) is 13.1 Å². The van der Waals surface area contributed by atoms with E-state index in [1.54, 1.807) is 18.7 Å². The third-order valence-electron chi connectivity index (χ3n) is 5.24. The summed E-state index contributed by atoms with van der Waals surface area (Å²) in [4.78, 5) is 26.8. The van der Waals surface area contributed by atoms with Crippen molar-refractivity contribution in [3.05, 3.63) is 59.7 Å². The Bertz CT molecular complexity index is 1030. The molecule has 1 amide bonds. The molecule has 1 atom stereocenters. The zero-order valence-corrected chi connectivity index (χ0v) is 18.2. The van der Waals surface area contributed by atoms with Gasteiger partial charge in [-0.15, -0.1) is 0 Å². The molecule has 0 aromatic heterocycles. The van der Waals surface area contributed by atoms with Gasteiger partial charge in [0.15, 0.2) is 6.61 Å². The predicted octanol–water partition coefficient (Wildman–Crippen LogP) is 2.85. The van der Waals surface area contributed by atoms with E-state index in [-0.39, 0.29) is 29.0 Å². The van der Waals surface area contributed by atoms with Crippen LogP contribution in [-0.4, -0.2) is 50.3 Å². The van der Waals surface area contributed by atoms with E-state index >= 15 is 0 Å². The number of rotatable bonds is 7. The number of hydrogen-bond acceptors (Lipinski definition) is 5. The number of hydrogen-bond donors (Lipinski definition) is 0. The summed E-state index contributed by atoms with van der Waals surface area (Å²) in [7, 11) is -3.59. The molecular weight excluding hydrogens is 404 g/mol. The fourth-order valence-electron chi connectivity index (χ4n) is 3.70. The molecule has 0 bridgehead atoms. The predicted molar refractivity (Wildman–Crippen MR) is 114 cm³/mol. The molecule has 0 unspecified atom stereocenters. The summed E-state index contributed by atoms with van der Waals surface area (Å²) >= 11 is 0. The van der Waals surface area contributed by atoms with Gasteiger partial charge in [-0.3, -0.25) is 4.79 Å². The highest BCUT2D eigenvalue weighted by molar-refractivity contribution is 7.89. The number of para-hydroxylation sites is 1. The van der Waals surface area contributed by atoms with E-state index in [2.05, 4.69) is 0 Å². The molecule has 0 saturated heterocycles. The molecule has 0 fully saturated rings. The molecule has 0 radical (unpaired) electrons. The lowest BCUT2D eigenvalue weighted by Crippen LogP contribution is -2.38. The quantitative estimate of drug-likeness (QED) is 0.631. The fraction of sp³-hybridized carbons (Fsp3) is 0.364. The van der Waals surface area contributed by atoms with Gasteiger partial charge in [-0.2, -0.15) is 4.31 Å². The van der Waals surface area contributed by atoms with Crippen molar-refractivity contribution in [1.82, 2.24) is 4.31 Å². The summed E-state index contributed by atoms with van der Waals surface area (Å²) in [5.41, 5.74) is 2.13. The van der Waals surface area contributed by atoms with E-state index in [9.17, 15) is 18.0 Å². The number of benzene rings is 2. The number of sulfonamides is 1. The van der Waals surface area contributed by atoms with Crippen molar-refractivity contribution in [2.45, 2.75) is 38.1 Å². The number of esters is 1. The lowest BCUT2D eigenvalue weighted by molar-refractivity contribution is -0.122. The second kappa shape index (κ2) is 8.97. The monoisotopic (exact) mass is 430 g/mol. The van der Waals surface area contributed by atoms with Crippen LogP contribution in [0.2, 0.25) is 0 Å². The first-order valence-electron chi connectivity index (χ1n) is 9.96. The first kappa shape index (κ1) is 22.0. The topological polar surface area (TPSA) is 84.0 Å². The van der Waals surface area contributed by atoms with Gasteiger partial charge in [0.05, 0.1) is 10.5 Å². The second-order valence-electron chi connectivity index (χ2n) is 7.14. The number of amides is 1. The summed E-state index contributed by atoms with van der Waals surface area (Å²) in [6.45, 7) is 5.84. The van der Waals surface area contributed by atoms with Gasteiger partial charge in [0, 0.05) is 24.8 Å². The van der Waals surface area contributed by atoms with Gasteiger partial charge in [-0.1, -0.05) is 32.0 Å². The molecule has 1 aliphatic heterocycles. The van der Waals surface area contributed by atoms with Gasteiger partial charge in [-0.25, -0.2) is 13.2 Å². The molecule has 2 aromatic carbocycles. The highest BCUT2D eigenvalue weighted by atomic mass is 32.2. The smallest absolute Gasteiger partial charge is 0.338 e. The van der Waals surface area contributed by atoms with Crippen molar-refractivity contribution >= 4 is 27.6 Å². The minimum absolute atomic E-state index is 0.00170. The Balaban J connectivity index is 1.65. The van der Waals surface area contributed by atoms with Crippen LogP contribution in [-0.2, 0) is 26.0 Å². The van der Waals surface area contributed by atoms with Crippen LogP contribution in [0.3, 0.4) is 0 Å². The Kier molecular flexibility index (Phi) is 6.58. The maximum atomic E-state index is 12.6. The summed E-state index contributed by atoms with van der Waals surface area (Å²) in [5.74, 6) is -0.961. The standard InChI is InChI=1S/C22H26N2O5S/c1-4-23(5-2)30(27,28)19-12-10-17(11-13-19)22(26)29-15-21(25)24-16(3)14-18-8-6-7-9-20(18)24/h6-13,16H,4-5,14-15H2,1-3H3/t16-/m0/s1. The van der Waals surface area contributed by atoms with Gasteiger partial charge < -0.3 is 9.64 Å². The SMILES string of the molecule is CCN(CC)S(=O)(=O)c1ccc(C(=O)OCC(=O)N2c3ccccc3C[C@@H]2C)cc1. The van der Waals surface area contributed by atoms with Crippen molar-refractivity contribution in [1.29, 1.82) is 0 Å². The van der Waals surface area contributed by atoms with Crippen LogP contribution < -0.4 is 4.90 Å². The summed E-state index contributed by atoms with van der Waals surface area (Å²) in [6.07, 6.45) is 0.762. The molecule has 2 aromatic rings. The Morgan fingerprint density at radius 3 is 2.33 bits per heavy atom. The van der Waals surface area contributed by atoms with Crippen molar-refractivity contribution in [2.24, 2.45) is 0 Å². The minimum atomic E-state index is -3.59. The minimum Gasteiger partial charge on any atom is -0.452 e. The number of carbonyl (C=O) groups excluding carboxylic acids is 2. The Morgan fingerprint density at radius 2 is 1.70 bits per heavy atom. The maximum absolute atomic E-state index is 12.6. The first-order valence-corrected chi connectivity index (χ1v) is 11.4. The normalized spacial score (nSPS) is 15.9. The largest absolute Gasteiger partial charge is 0.452 e. The highest BCUT2D eigenvalue weighted by Gasteiger charge is 2.31. The van der Waals surface area contributed by atoms with Crippen LogP contribution in [0.25, 0.3) is 0 Å². The number of fused-ring (bicyclic) bond motifs is 1. The average molecular weight is 431 g/mol. The van der Waals surface area contributed by atoms with Crippen LogP contribution in [0.15, 0.2) is 53.4 Å². The third kappa shape index (κ3) is 4.24. The summed E-state index contributed by atoms with van der Waals surface area (Å²) < 4.78 is 31.6. The maximum Gasteiger partial charge on any atom is 0.338 e. The first-order chi connectivity index (χ1) is 14.3. The number of ether oxygens (including phenoxy) is 1. The van der Waals surface area contributed by atoms with Gasteiger partial charge in [0.25, 0.3) is 5.91 Å². The van der Waals surface area contributed by atoms with Crippen molar-refractivity contribution in [3.8, 4) is 0 Å². The highest BCUT2D eigenvalue weighted by Crippen LogP contribution is 2.31. The molecule has 0 saturated carbocycles. The number of carbonyl (C=O) groups is 2. The summed E-state index contributed by atoms with van der Waals surface area (Å²) in [5, 5.41) is 0. The molecule has 1 heterocycles. The second-order valence-corrected chi connectivity index (χ2v) is 9.07. The van der Waals surface area contributed by atoms with E-state index in [4.69, 9.17) is 4.74 Å². The van der Waals surface area contributed by atoms with E-state index < -0.39 is 16.0 Å². The van der Waals surface area contributed by atoms with Crippen LogP contribution in [0.1, 0.15) is 36.7 Å². The van der Waals surface area contributed by atoms with Crippen LogP contribution in [0, 0.1) is 0 Å². The van der Waals surface area contributed by atoms with E-state index in [0.717, 1.165) is 17.7 Å². The Hall–Kier alpha value is -2.71. The average Bonchev–Trinajstić information content (AvgIpc) is 3.08. The van der Waals surface area contributed by atoms with Crippen LogP contribution in [0.4, 0.5) is 5.69 Å². The zero-order chi connectivity index (χ0) is 21.9. The molecule has 0 N–H and O–H groups in total. The lowest BCUT2D eigenvalue weighted by Gasteiger charge is -2.22. The van der Waals surface area contributed by atoms with Crippen LogP contribution in [0.5, 0.6) is 0 Å². The molecule has 7 nitrogen and oxygen atoms in total. The van der Waals surface area contributed by atoms with Crippen molar-refractivity contribution in [2.75, 3.05) is 24.6 Å². The Morgan fingerprint density at radius 1 is 1.07 bits per heavy atom. The number of nitrogens with zero attached hydrogens (tertiary/aromatic N) is 2. The Labute approximate surface area is 177 Å². The fourth-order valence-corrected chi connectivity index (χ4v) is 5.16. The molecule has 1 aliphatic rings. The molecule has 0 spiro atoms. The zero-order valence-electron chi connectivity index (χ0n) is 17.4. The molecule has 30 heavy (non-hydrogen) atoms. The van der Waals surface area contributed by atoms with Gasteiger partial charge in [0.2, 0.25) is 10.0 Å². The summed E-state index contributed by atoms with van der Waals surface area (Å²) in [6, 6.07) is 13.2. The molecule has 160 valence electrons.